The van der Waals surface area contributed by atoms with Gasteiger partial charge in [0.05, 0.1) is 0 Å². The average Bonchev–Trinajstić information content (AvgIpc) is 2.83. The SMILES string of the molecule is CCCCCC1=C(c2ccccc2)C(N=O)CC1. The molecule has 1 unspecified atom stereocenters. The Morgan fingerprint density at radius 2 is 2.00 bits per heavy atom. The summed E-state index contributed by atoms with van der Waals surface area (Å²) in [5.41, 5.74) is 3.85. The van der Waals surface area contributed by atoms with Gasteiger partial charge in [-0.15, -0.1) is 0 Å². The molecule has 0 bridgehead atoms. The molecule has 0 radical (unpaired) electrons. The van der Waals surface area contributed by atoms with Crippen LogP contribution in [0.2, 0.25) is 0 Å². The highest BCUT2D eigenvalue weighted by molar-refractivity contribution is 5.74. The first kappa shape index (κ1) is 13.0. The van der Waals surface area contributed by atoms with Gasteiger partial charge in [-0.3, -0.25) is 0 Å². The maximum atomic E-state index is 11.0. The number of unbranched alkanes of at least 4 members (excludes halogenated alkanes) is 2. The van der Waals surface area contributed by atoms with Crippen LogP contribution in [0, 0.1) is 4.91 Å². The van der Waals surface area contributed by atoms with Crippen molar-refractivity contribution in [2.24, 2.45) is 5.18 Å². The molecule has 0 N–H and O–H groups in total. The van der Waals surface area contributed by atoms with Gasteiger partial charge in [-0.2, -0.15) is 4.91 Å². The fourth-order valence-corrected chi connectivity index (χ4v) is 2.79. The normalized spacial score (nSPS) is 19.3. The van der Waals surface area contributed by atoms with Crippen LogP contribution in [0.5, 0.6) is 0 Å². The van der Waals surface area contributed by atoms with E-state index in [4.69, 9.17) is 0 Å². The van der Waals surface area contributed by atoms with Gasteiger partial charge in [0.25, 0.3) is 0 Å². The van der Waals surface area contributed by atoms with E-state index in [-0.39, 0.29) is 6.04 Å². The minimum Gasteiger partial charge on any atom is -0.150 e. The molecule has 1 aromatic carbocycles. The molecule has 2 nitrogen and oxygen atoms in total. The molecule has 0 amide bonds. The molecule has 2 heteroatoms. The standard InChI is InChI=1S/C16H21NO/c1-2-3-5-8-14-11-12-15(17-18)16(14)13-9-6-4-7-10-13/h4,6-7,9-10,15H,2-3,5,8,11-12H2,1H3. The zero-order valence-electron chi connectivity index (χ0n) is 11.1. The van der Waals surface area contributed by atoms with Crippen LogP contribution in [0.4, 0.5) is 0 Å². The van der Waals surface area contributed by atoms with Gasteiger partial charge in [-0.1, -0.05) is 60.8 Å². The lowest BCUT2D eigenvalue weighted by Crippen LogP contribution is -2.01. The summed E-state index contributed by atoms with van der Waals surface area (Å²) in [6.45, 7) is 2.22. The van der Waals surface area contributed by atoms with Crippen LogP contribution in [0.25, 0.3) is 5.57 Å². The molecule has 1 aliphatic rings. The Labute approximate surface area is 109 Å². The molecule has 96 valence electrons. The lowest BCUT2D eigenvalue weighted by molar-refractivity contribution is 0.695. The highest BCUT2D eigenvalue weighted by Crippen LogP contribution is 2.38. The largest absolute Gasteiger partial charge is 0.150 e. The molecule has 18 heavy (non-hydrogen) atoms. The summed E-state index contributed by atoms with van der Waals surface area (Å²) in [5, 5.41) is 3.32. The first-order valence-electron chi connectivity index (χ1n) is 6.96. The monoisotopic (exact) mass is 243 g/mol. The van der Waals surface area contributed by atoms with E-state index in [1.165, 1.54) is 36.0 Å². The van der Waals surface area contributed by atoms with Gasteiger partial charge in [0.2, 0.25) is 0 Å². The summed E-state index contributed by atoms with van der Waals surface area (Å²) >= 11 is 0. The topological polar surface area (TPSA) is 29.4 Å². The average molecular weight is 243 g/mol. The summed E-state index contributed by atoms with van der Waals surface area (Å²) in [6, 6.07) is 10.2. The highest BCUT2D eigenvalue weighted by atomic mass is 16.3. The van der Waals surface area contributed by atoms with Crippen molar-refractivity contribution in [3.63, 3.8) is 0 Å². The van der Waals surface area contributed by atoms with Crippen LogP contribution >= 0.6 is 0 Å². The van der Waals surface area contributed by atoms with Gasteiger partial charge in [0.1, 0.15) is 6.04 Å². The van der Waals surface area contributed by atoms with Crippen molar-refractivity contribution in [3.05, 3.63) is 46.4 Å². The second kappa shape index (κ2) is 6.48. The van der Waals surface area contributed by atoms with Gasteiger partial charge < -0.3 is 0 Å². The summed E-state index contributed by atoms with van der Waals surface area (Å²) in [4.78, 5) is 11.0. The predicted molar refractivity (Wildman–Crippen MR) is 76.3 cm³/mol. The number of hydrogen-bond donors (Lipinski definition) is 0. The summed E-state index contributed by atoms with van der Waals surface area (Å²) in [5.74, 6) is 0. The molecule has 0 aliphatic heterocycles. The van der Waals surface area contributed by atoms with E-state index >= 15 is 0 Å². The minimum absolute atomic E-state index is 0.121. The van der Waals surface area contributed by atoms with E-state index < -0.39 is 0 Å². The van der Waals surface area contributed by atoms with Gasteiger partial charge in [0.15, 0.2) is 0 Å². The number of nitrogens with zero attached hydrogens (tertiary/aromatic N) is 1. The van der Waals surface area contributed by atoms with Gasteiger partial charge in [-0.25, -0.2) is 0 Å². The number of nitroso groups, excluding NO2 is 1. The molecule has 0 heterocycles. The molecule has 0 saturated heterocycles. The van der Waals surface area contributed by atoms with E-state index in [9.17, 15) is 4.91 Å². The fourth-order valence-electron chi connectivity index (χ4n) is 2.79. The Morgan fingerprint density at radius 3 is 2.67 bits per heavy atom. The molecular weight excluding hydrogens is 222 g/mol. The van der Waals surface area contributed by atoms with Crippen molar-refractivity contribution in [1.82, 2.24) is 0 Å². The number of allylic oxidation sites excluding steroid dienone is 1. The van der Waals surface area contributed by atoms with Crippen molar-refractivity contribution in [1.29, 1.82) is 0 Å². The molecule has 1 aromatic rings. The van der Waals surface area contributed by atoms with E-state index in [0.29, 0.717) is 0 Å². The van der Waals surface area contributed by atoms with Crippen LogP contribution in [0.1, 0.15) is 51.0 Å². The van der Waals surface area contributed by atoms with Crippen LogP contribution in [0.15, 0.2) is 41.1 Å². The van der Waals surface area contributed by atoms with Crippen LogP contribution in [-0.2, 0) is 0 Å². The Balaban J connectivity index is 2.22. The molecule has 0 aromatic heterocycles. The third-order valence-electron chi connectivity index (χ3n) is 3.73. The van der Waals surface area contributed by atoms with Crippen molar-refractivity contribution in [2.45, 2.75) is 51.5 Å². The van der Waals surface area contributed by atoms with E-state index in [1.54, 1.807) is 0 Å². The third kappa shape index (κ3) is 2.87. The second-order valence-corrected chi connectivity index (χ2v) is 5.00. The summed E-state index contributed by atoms with van der Waals surface area (Å²) < 4.78 is 0. The lowest BCUT2D eigenvalue weighted by atomic mass is 9.97. The third-order valence-corrected chi connectivity index (χ3v) is 3.73. The quantitative estimate of drug-likeness (QED) is 0.513. The predicted octanol–water partition coefficient (Wildman–Crippen LogP) is 4.95. The van der Waals surface area contributed by atoms with E-state index in [0.717, 1.165) is 19.3 Å². The summed E-state index contributed by atoms with van der Waals surface area (Å²) in [7, 11) is 0. The summed E-state index contributed by atoms with van der Waals surface area (Å²) in [6.07, 6.45) is 6.81. The molecule has 0 spiro atoms. The minimum atomic E-state index is -0.121. The first-order valence-corrected chi connectivity index (χ1v) is 6.96. The maximum absolute atomic E-state index is 11.0. The van der Waals surface area contributed by atoms with Crippen LogP contribution < -0.4 is 0 Å². The van der Waals surface area contributed by atoms with Crippen molar-refractivity contribution < 1.29 is 0 Å². The first-order chi connectivity index (χ1) is 8.86. The lowest BCUT2D eigenvalue weighted by Gasteiger charge is -2.10. The fraction of sp³-hybridized carbons (Fsp3) is 0.500. The zero-order valence-corrected chi connectivity index (χ0v) is 11.1. The maximum Gasteiger partial charge on any atom is 0.118 e. The van der Waals surface area contributed by atoms with Gasteiger partial charge >= 0.3 is 0 Å². The Morgan fingerprint density at radius 1 is 1.22 bits per heavy atom. The van der Waals surface area contributed by atoms with Gasteiger partial charge in [0, 0.05) is 0 Å². The van der Waals surface area contributed by atoms with Crippen LogP contribution in [-0.4, -0.2) is 6.04 Å². The van der Waals surface area contributed by atoms with E-state index in [1.807, 2.05) is 18.2 Å². The molecule has 1 aliphatic carbocycles. The number of rotatable bonds is 6. The van der Waals surface area contributed by atoms with Crippen molar-refractivity contribution in [3.8, 4) is 0 Å². The Kier molecular flexibility index (Phi) is 4.68. The highest BCUT2D eigenvalue weighted by Gasteiger charge is 2.26. The van der Waals surface area contributed by atoms with Crippen LogP contribution in [0.3, 0.4) is 0 Å². The van der Waals surface area contributed by atoms with Gasteiger partial charge in [-0.05, 0) is 36.8 Å². The zero-order chi connectivity index (χ0) is 12.8. The molecule has 0 saturated carbocycles. The number of benzene rings is 1. The van der Waals surface area contributed by atoms with Crippen molar-refractivity contribution in [2.75, 3.05) is 0 Å². The Hall–Kier alpha value is -1.44. The Bertz CT molecular complexity index is 422. The number of hydrogen-bond acceptors (Lipinski definition) is 2. The second-order valence-electron chi connectivity index (χ2n) is 5.00. The van der Waals surface area contributed by atoms with Crippen molar-refractivity contribution >= 4 is 5.57 Å². The molecular formula is C16H21NO. The molecule has 1 atom stereocenters. The smallest absolute Gasteiger partial charge is 0.118 e. The van der Waals surface area contributed by atoms with E-state index in [2.05, 4.69) is 24.2 Å². The molecule has 0 fully saturated rings. The molecule has 2 rings (SSSR count).